The molecule has 1 heterocycles. The molecule has 0 amide bonds. The average molecular weight is 483 g/mol. The van der Waals surface area contributed by atoms with E-state index in [9.17, 15) is 34.8 Å². The van der Waals surface area contributed by atoms with Crippen molar-refractivity contribution in [1.29, 1.82) is 0 Å². The zero-order valence-corrected chi connectivity index (χ0v) is 19.0. The minimum Gasteiger partial charge on any atom is -0.507 e. The van der Waals surface area contributed by atoms with Crippen LogP contribution in [0.1, 0.15) is 62.4 Å². The molecule has 35 heavy (non-hydrogen) atoms. The Morgan fingerprint density at radius 3 is 2.49 bits per heavy atom. The SMILES string of the molecule is CC(=O)C1(O)Cc2c(O)c3c(c(O)c2C(O)C1)C(=O)c1c(OCN2CCOCC2)cccc1C3=O. The summed E-state index contributed by atoms with van der Waals surface area (Å²) in [6, 6.07) is 4.53. The number of aliphatic hydroxyl groups is 2. The molecular weight excluding hydrogens is 458 g/mol. The van der Waals surface area contributed by atoms with Gasteiger partial charge in [-0.1, -0.05) is 12.1 Å². The van der Waals surface area contributed by atoms with Crippen LogP contribution in [0, 0.1) is 0 Å². The van der Waals surface area contributed by atoms with E-state index in [0.29, 0.717) is 26.3 Å². The minimum atomic E-state index is -1.98. The molecule has 5 rings (SSSR count). The molecule has 0 aromatic heterocycles. The highest BCUT2D eigenvalue weighted by Gasteiger charge is 2.47. The number of phenols is 2. The average Bonchev–Trinajstić information content (AvgIpc) is 2.83. The fourth-order valence-electron chi connectivity index (χ4n) is 5.05. The van der Waals surface area contributed by atoms with Gasteiger partial charge in [0, 0.05) is 42.6 Å². The lowest BCUT2D eigenvalue weighted by Crippen LogP contribution is -2.44. The number of fused-ring (bicyclic) bond motifs is 3. The summed E-state index contributed by atoms with van der Waals surface area (Å²) in [5.41, 5.74) is -3.21. The number of carbonyl (C=O) groups is 3. The van der Waals surface area contributed by atoms with Gasteiger partial charge in [-0.15, -0.1) is 0 Å². The van der Waals surface area contributed by atoms with Gasteiger partial charge in [0.1, 0.15) is 29.6 Å². The van der Waals surface area contributed by atoms with Gasteiger partial charge in [0.25, 0.3) is 0 Å². The predicted molar refractivity (Wildman–Crippen MR) is 120 cm³/mol. The lowest BCUT2D eigenvalue weighted by Gasteiger charge is -2.36. The maximum Gasteiger partial charge on any atom is 0.202 e. The van der Waals surface area contributed by atoms with Crippen molar-refractivity contribution in [2.24, 2.45) is 0 Å². The Morgan fingerprint density at radius 2 is 1.80 bits per heavy atom. The van der Waals surface area contributed by atoms with E-state index in [1.54, 1.807) is 12.1 Å². The van der Waals surface area contributed by atoms with E-state index in [2.05, 4.69) is 0 Å². The number of rotatable bonds is 4. The minimum absolute atomic E-state index is 0.00480. The molecule has 0 spiro atoms. The maximum absolute atomic E-state index is 13.6. The molecule has 1 aliphatic heterocycles. The fourth-order valence-corrected chi connectivity index (χ4v) is 5.05. The van der Waals surface area contributed by atoms with Crippen LogP contribution in [-0.4, -0.2) is 81.3 Å². The molecule has 3 aliphatic rings. The van der Waals surface area contributed by atoms with Crippen molar-refractivity contribution in [1.82, 2.24) is 4.90 Å². The van der Waals surface area contributed by atoms with Gasteiger partial charge in [-0.05, 0) is 13.0 Å². The molecule has 0 bridgehead atoms. The van der Waals surface area contributed by atoms with Crippen molar-refractivity contribution in [2.45, 2.75) is 31.5 Å². The lowest BCUT2D eigenvalue weighted by molar-refractivity contribution is -0.139. The van der Waals surface area contributed by atoms with Gasteiger partial charge in [0.05, 0.1) is 36.0 Å². The highest BCUT2D eigenvalue weighted by atomic mass is 16.5. The second-order valence-corrected chi connectivity index (χ2v) is 9.16. The van der Waals surface area contributed by atoms with E-state index in [1.807, 2.05) is 4.90 Å². The molecule has 1 saturated heterocycles. The Morgan fingerprint density at radius 1 is 1.11 bits per heavy atom. The predicted octanol–water partition coefficient (Wildman–Crippen LogP) is 0.841. The molecule has 2 atom stereocenters. The van der Waals surface area contributed by atoms with E-state index in [1.165, 1.54) is 6.07 Å². The molecule has 1 fully saturated rings. The standard InChI is InChI=1S/C25H25NO9/c1-12(27)25(33)9-14-17(15(28)10-25)23(31)20-19(22(14)30)21(29)13-3-2-4-16(18(13)24(20)32)35-11-26-5-7-34-8-6-26/h2-4,15,28,30-31,33H,5-11H2,1H3. The number of Topliss-reactive ketones (excluding diaryl/α,β-unsaturated/α-hetero) is 1. The topological polar surface area (TPSA) is 154 Å². The quantitative estimate of drug-likeness (QED) is 0.393. The molecular formula is C25H25NO9. The van der Waals surface area contributed by atoms with Crippen LogP contribution in [0.4, 0.5) is 0 Å². The first-order valence-corrected chi connectivity index (χ1v) is 11.3. The fraction of sp³-hybridized carbons (Fsp3) is 0.400. The summed E-state index contributed by atoms with van der Waals surface area (Å²) < 4.78 is 11.2. The third-order valence-electron chi connectivity index (χ3n) is 7.04. The van der Waals surface area contributed by atoms with Crippen LogP contribution >= 0.6 is 0 Å². The first-order valence-electron chi connectivity index (χ1n) is 11.3. The van der Waals surface area contributed by atoms with E-state index < -0.39 is 64.5 Å². The largest absolute Gasteiger partial charge is 0.507 e. The van der Waals surface area contributed by atoms with Gasteiger partial charge >= 0.3 is 0 Å². The molecule has 4 N–H and O–H groups in total. The molecule has 10 heteroatoms. The third kappa shape index (κ3) is 3.61. The lowest BCUT2D eigenvalue weighted by atomic mass is 9.72. The van der Waals surface area contributed by atoms with Crippen molar-refractivity contribution < 1.29 is 44.3 Å². The first-order chi connectivity index (χ1) is 16.6. The van der Waals surface area contributed by atoms with Crippen LogP contribution in [0.15, 0.2) is 18.2 Å². The zero-order chi connectivity index (χ0) is 25.1. The van der Waals surface area contributed by atoms with Gasteiger partial charge in [-0.3, -0.25) is 19.3 Å². The highest BCUT2D eigenvalue weighted by Crippen LogP contribution is 2.51. The number of phenolic OH excluding ortho intramolecular Hbond substituents is 2. The second kappa shape index (κ2) is 8.42. The molecule has 0 saturated carbocycles. The Bertz CT molecular complexity index is 1260. The van der Waals surface area contributed by atoms with Crippen LogP contribution in [0.25, 0.3) is 0 Å². The number of benzene rings is 2. The Kier molecular flexibility index (Phi) is 5.64. The van der Waals surface area contributed by atoms with E-state index >= 15 is 0 Å². The van der Waals surface area contributed by atoms with Crippen LogP contribution < -0.4 is 4.74 Å². The van der Waals surface area contributed by atoms with Gasteiger partial charge in [-0.2, -0.15) is 0 Å². The second-order valence-electron chi connectivity index (χ2n) is 9.16. The molecule has 2 aliphatic carbocycles. The molecule has 2 aromatic rings. The van der Waals surface area contributed by atoms with Crippen LogP contribution in [-0.2, 0) is 16.0 Å². The van der Waals surface area contributed by atoms with Crippen molar-refractivity contribution in [3.63, 3.8) is 0 Å². The van der Waals surface area contributed by atoms with E-state index in [0.717, 1.165) is 6.92 Å². The molecule has 2 unspecified atom stereocenters. The number of ether oxygens (including phenoxy) is 2. The van der Waals surface area contributed by atoms with Crippen molar-refractivity contribution in [3.05, 3.63) is 51.6 Å². The summed E-state index contributed by atoms with van der Waals surface area (Å²) in [7, 11) is 0. The summed E-state index contributed by atoms with van der Waals surface area (Å²) in [5.74, 6) is -3.22. The van der Waals surface area contributed by atoms with Gasteiger partial charge in [0.2, 0.25) is 5.78 Å². The molecule has 184 valence electrons. The Balaban J connectivity index is 1.60. The number of nitrogens with zero attached hydrogens (tertiary/aromatic N) is 1. The van der Waals surface area contributed by atoms with Crippen molar-refractivity contribution in [2.75, 3.05) is 33.0 Å². The van der Waals surface area contributed by atoms with E-state index in [-0.39, 0.29) is 34.7 Å². The summed E-state index contributed by atoms with van der Waals surface area (Å²) in [5, 5.41) is 43.4. The number of hydrogen-bond donors (Lipinski definition) is 4. The van der Waals surface area contributed by atoms with Gasteiger partial charge in [0.15, 0.2) is 11.6 Å². The van der Waals surface area contributed by atoms with Crippen molar-refractivity contribution in [3.8, 4) is 17.2 Å². The first kappa shape index (κ1) is 23.4. The summed E-state index contributed by atoms with van der Waals surface area (Å²) in [4.78, 5) is 41.0. The number of ketones is 3. The zero-order valence-electron chi connectivity index (χ0n) is 19.0. The number of carbonyl (C=O) groups excluding carboxylic acids is 3. The Hall–Kier alpha value is -3.31. The van der Waals surface area contributed by atoms with Crippen LogP contribution in [0.3, 0.4) is 0 Å². The van der Waals surface area contributed by atoms with E-state index in [4.69, 9.17) is 9.47 Å². The highest BCUT2D eigenvalue weighted by molar-refractivity contribution is 6.31. The van der Waals surface area contributed by atoms with Gasteiger partial charge in [-0.25, -0.2) is 0 Å². The monoisotopic (exact) mass is 483 g/mol. The van der Waals surface area contributed by atoms with Crippen LogP contribution in [0.2, 0.25) is 0 Å². The number of morpholine rings is 1. The third-order valence-corrected chi connectivity index (χ3v) is 7.04. The molecule has 10 nitrogen and oxygen atoms in total. The normalized spacial score (nSPS) is 23.9. The molecule has 2 aromatic carbocycles. The molecule has 0 radical (unpaired) electrons. The number of hydrogen-bond acceptors (Lipinski definition) is 10. The van der Waals surface area contributed by atoms with Crippen molar-refractivity contribution >= 4 is 17.3 Å². The summed E-state index contributed by atoms with van der Waals surface area (Å²) in [6.07, 6.45) is -2.38. The van der Waals surface area contributed by atoms with Gasteiger partial charge < -0.3 is 29.9 Å². The van der Waals surface area contributed by atoms with Crippen LogP contribution in [0.5, 0.6) is 17.2 Å². The maximum atomic E-state index is 13.6. The smallest absolute Gasteiger partial charge is 0.202 e. The summed E-state index contributed by atoms with van der Waals surface area (Å²) >= 11 is 0. The summed E-state index contributed by atoms with van der Waals surface area (Å²) in [6.45, 7) is 3.72. The number of aliphatic hydroxyl groups excluding tert-OH is 1. The number of aromatic hydroxyl groups is 2. The Labute approximate surface area is 200 Å².